The Morgan fingerprint density at radius 3 is 2.89 bits per heavy atom. The van der Waals surface area contributed by atoms with Gasteiger partial charge in [-0.05, 0) is 43.2 Å². The Balaban J connectivity index is 1.53. The van der Waals surface area contributed by atoms with Crippen LogP contribution in [0.3, 0.4) is 0 Å². The van der Waals surface area contributed by atoms with Crippen molar-refractivity contribution in [3.8, 4) is 11.3 Å². The zero-order valence-electron chi connectivity index (χ0n) is 14.1. The van der Waals surface area contributed by atoms with E-state index < -0.39 is 0 Å². The normalized spacial score (nSPS) is 21.6. The molecule has 0 radical (unpaired) electrons. The molecule has 0 N–H and O–H groups in total. The molecule has 8 heteroatoms. The third kappa shape index (κ3) is 4.10. The molecule has 2 aromatic rings. The number of thiocarbonyl (C=S) groups is 1. The lowest BCUT2D eigenvalue weighted by Gasteiger charge is -2.18. The van der Waals surface area contributed by atoms with Gasteiger partial charge < -0.3 is 9.15 Å². The molecule has 140 valence electrons. The van der Waals surface area contributed by atoms with Crippen molar-refractivity contribution in [1.29, 1.82) is 0 Å². The van der Waals surface area contributed by atoms with Crippen molar-refractivity contribution < 1.29 is 13.9 Å². The Kier molecular flexibility index (Phi) is 5.62. The summed E-state index contributed by atoms with van der Waals surface area (Å²) >= 11 is 18.8. The standard InChI is InChI=1S/C19H15Cl2NO3S2/c20-11-3-5-14(15(21)8-11)16-6-4-12(25-16)9-17-18(23)22(19(26)27-17)10-13-2-1-7-24-13/h3-6,8-9,13H,1-2,7,10H2/b17-9-/t13-/m0/s1. The number of hydrogen-bond acceptors (Lipinski definition) is 5. The van der Waals surface area contributed by atoms with E-state index in [4.69, 9.17) is 44.6 Å². The molecule has 1 amide bonds. The predicted molar refractivity (Wildman–Crippen MR) is 113 cm³/mol. The van der Waals surface area contributed by atoms with Crippen molar-refractivity contribution in [2.75, 3.05) is 13.2 Å². The summed E-state index contributed by atoms with van der Waals surface area (Å²) in [5.74, 6) is 1.06. The molecule has 0 unspecified atom stereocenters. The molecule has 0 aliphatic carbocycles. The van der Waals surface area contributed by atoms with Gasteiger partial charge in [-0.3, -0.25) is 9.69 Å². The van der Waals surface area contributed by atoms with Gasteiger partial charge >= 0.3 is 0 Å². The van der Waals surface area contributed by atoms with Gasteiger partial charge in [0.05, 0.1) is 22.6 Å². The van der Waals surface area contributed by atoms with Crippen LogP contribution in [0.25, 0.3) is 17.4 Å². The average molecular weight is 440 g/mol. The monoisotopic (exact) mass is 439 g/mol. The third-order valence-electron chi connectivity index (χ3n) is 4.38. The summed E-state index contributed by atoms with van der Waals surface area (Å²) in [6.45, 7) is 1.25. The molecule has 1 atom stereocenters. The van der Waals surface area contributed by atoms with Gasteiger partial charge in [-0.25, -0.2) is 0 Å². The summed E-state index contributed by atoms with van der Waals surface area (Å²) in [4.78, 5) is 14.8. The number of rotatable bonds is 4. The van der Waals surface area contributed by atoms with Crippen LogP contribution in [-0.4, -0.2) is 34.4 Å². The fourth-order valence-corrected chi connectivity index (χ4v) is 4.80. The molecule has 3 heterocycles. The fraction of sp³-hybridized carbons (Fsp3) is 0.263. The predicted octanol–water partition coefficient (Wildman–Crippen LogP) is 5.63. The Hall–Kier alpha value is -1.31. The van der Waals surface area contributed by atoms with Crippen LogP contribution < -0.4 is 0 Å². The summed E-state index contributed by atoms with van der Waals surface area (Å²) in [5.41, 5.74) is 0.742. The second-order valence-electron chi connectivity index (χ2n) is 6.25. The molecule has 0 bridgehead atoms. The zero-order valence-corrected chi connectivity index (χ0v) is 17.3. The molecular formula is C19H15Cl2NO3S2. The van der Waals surface area contributed by atoms with Crippen LogP contribution >= 0.6 is 47.2 Å². The topological polar surface area (TPSA) is 42.7 Å². The SMILES string of the molecule is O=C1/C(=C/c2ccc(-c3ccc(Cl)cc3Cl)o2)SC(=S)N1C[C@@H]1CCCO1. The fourth-order valence-electron chi connectivity index (χ4n) is 3.04. The number of halogens is 2. The third-order valence-corrected chi connectivity index (χ3v) is 6.31. The van der Waals surface area contributed by atoms with Gasteiger partial charge in [0.15, 0.2) is 0 Å². The Bertz CT molecular complexity index is 935. The number of benzene rings is 1. The van der Waals surface area contributed by atoms with Crippen LogP contribution in [0.2, 0.25) is 10.0 Å². The molecule has 27 heavy (non-hydrogen) atoms. The van der Waals surface area contributed by atoms with Crippen LogP contribution in [0.15, 0.2) is 39.7 Å². The first-order valence-electron chi connectivity index (χ1n) is 8.43. The molecule has 1 aromatic carbocycles. The molecule has 0 spiro atoms. The number of amides is 1. The van der Waals surface area contributed by atoms with Crippen LogP contribution in [0.1, 0.15) is 18.6 Å². The van der Waals surface area contributed by atoms with Crippen molar-refractivity contribution in [3.05, 3.63) is 51.0 Å². The molecule has 2 aliphatic rings. The van der Waals surface area contributed by atoms with Gasteiger partial charge in [0.2, 0.25) is 0 Å². The summed E-state index contributed by atoms with van der Waals surface area (Å²) in [5, 5.41) is 1.07. The van der Waals surface area contributed by atoms with E-state index >= 15 is 0 Å². The van der Waals surface area contributed by atoms with E-state index in [2.05, 4.69) is 0 Å². The Morgan fingerprint density at radius 2 is 2.15 bits per heavy atom. The van der Waals surface area contributed by atoms with E-state index in [1.165, 1.54) is 11.8 Å². The van der Waals surface area contributed by atoms with Crippen LogP contribution in [0.5, 0.6) is 0 Å². The summed E-state index contributed by atoms with van der Waals surface area (Å²) in [6.07, 6.45) is 3.76. The minimum atomic E-state index is -0.108. The number of hydrogen-bond donors (Lipinski definition) is 0. The maximum atomic E-state index is 12.7. The zero-order chi connectivity index (χ0) is 19.0. The summed E-state index contributed by atoms with van der Waals surface area (Å²) in [6, 6.07) is 8.83. The maximum Gasteiger partial charge on any atom is 0.266 e. The maximum absolute atomic E-state index is 12.7. The van der Waals surface area contributed by atoms with Crippen LogP contribution in [0.4, 0.5) is 0 Å². The molecule has 2 aliphatic heterocycles. The highest BCUT2D eigenvalue weighted by atomic mass is 35.5. The van der Waals surface area contributed by atoms with Gasteiger partial charge in [-0.2, -0.15) is 0 Å². The van der Waals surface area contributed by atoms with E-state index in [9.17, 15) is 4.79 Å². The van der Waals surface area contributed by atoms with Gasteiger partial charge in [0, 0.05) is 23.3 Å². The van der Waals surface area contributed by atoms with E-state index in [-0.39, 0.29) is 12.0 Å². The molecule has 2 saturated heterocycles. The highest BCUT2D eigenvalue weighted by Gasteiger charge is 2.34. The van der Waals surface area contributed by atoms with Crippen LogP contribution in [-0.2, 0) is 9.53 Å². The Labute approximate surface area is 176 Å². The van der Waals surface area contributed by atoms with E-state index in [1.807, 2.05) is 6.07 Å². The minimum Gasteiger partial charge on any atom is -0.457 e. The van der Waals surface area contributed by atoms with Crippen molar-refractivity contribution in [2.24, 2.45) is 0 Å². The van der Waals surface area contributed by atoms with Gasteiger partial charge in [-0.15, -0.1) is 0 Å². The molecule has 0 saturated carbocycles. The van der Waals surface area contributed by atoms with Crippen LogP contribution in [0, 0.1) is 0 Å². The number of furan rings is 1. The molecule has 4 nitrogen and oxygen atoms in total. The second kappa shape index (κ2) is 7.97. The average Bonchev–Trinajstić information content (AvgIpc) is 3.34. The highest BCUT2D eigenvalue weighted by molar-refractivity contribution is 8.26. The molecule has 2 fully saturated rings. The van der Waals surface area contributed by atoms with Gasteiger partial charge in [-0.1, -0.05) is 47.2 Å². The minimum absolute atomic E-state index is 0.0640. The van der Waals surface area contributed by atoms with Crippen molar-refractivity contribution in [3.63, 3.8) is 0 Å². The van der Waals surface area contributed by atoms with Crippen molar-refractivity contribution >= 4 is 63.5 Å². The lowest BCUT2D eigenvalue weighted by atomic mass is 10.2. The first kappa shape index (κ1) is 19.0. The van der Waals surface area contributed by atoms with E-state index in [1.54, 1.807) is 35.2 Å². The van der Waals surface area contributed by atoms with E-state index in [0.29, 0.717) is 37.3 Å². The van der Waals surface area contributed by atoms with Gasteiger partial charge in [0.25, 0.3) is 5.91 Å². The quantitative estimate of drug-likeness (QED) is 0.455. The first-order valence-corrected chi connectivity index (χ1v) is 10.4. The molecule has 4 rings (SSSR count). The lowest BCUT2D eigenvalue weighted by molar-refractivity contribution is -0.123. The van der Waals surface area contributed by atoms with Crippen molar-refractivity contribution in [2.45, 2.75) is 18.9 Å². The highest BCUT2D eigenvalue weighted by Crippen LogP contribution is 2.36. The lowest BCUT2D eigenvalue weighted by Crippen LogP contribution is -2.35. The number of carbonyl (C=O) groups excluding carboxylic acids is 1. The molecular weight excluding hydrogens is 425 g/mol. The number of thioether (sulfide) groups is 1. The first-order chi connectivity index (χ1) is 13.0. The van der Waals surface area contributed by atoms with Gasteiger partial charge in [0.1, 0.15) is 15.8 Å². The van der Waals surface area contributed by atoms with E-state index in [0.717, 1.165) is 25.0 Å². The summed E-state index contributed by atoms with van der Waals surface area (Å²) < 4.78 is 12.0. The summed E-state index contributed by atoms with van der Waals surface area (Å²) in [7, 11) is 0. The van der Waals surface area contributed by atoms with Crippen molar-refractivity contribution in [1.82, 2.24) is 4.90 Å². The Morgan fingerprint density at radius 1 is 1.30 bits per heavy atom. The second-order valence-corrected chi connectivity index (χ2v) is 8.77. The number of nitrogens with zero attached hydrogens (tertiary/aromatic N) is 1. The number of ether oxygens (including phenoxy) is 1. The number of carbonyl (C=O) groups is 1. The smallest absolute Gasteiger partial charge is 0.266 e. The molecule has 1 aromatic heterocycles. The largest absolute Gasteiger partial charge is 0.457 e.